The maximum Gasteiger partial charge on any atom is 0.261 e. The first-order chi connectivity index (χ1) is 10.6. The first-order valence-electron chi connectivity index (χ1n) is 7.52. The van der Waals surface area contributed by atoms with Gasteiger partial charge >= 0.3 is 0 Å². The lowest BCUT2D eigenvalue weighted by atomic mass is 10.1. The summed E-state index contributed by atoms with van der Waals surface area (Å²) in [6.45, 7) is 2.07. The van der Waals surface area contributed by atoms with Crippen LogP contribution < -0.4 is 5.32 Å². The summed E-state index contributed by atoms with van der Waals surface area (Å²) in [7, 11) is 2.08. The van der Waals surface area contributed by atoms with Crippen LogP contribution in [-0.2, 0) is 13.5 Å². The molecule has 3 aromatic rings. The van der Waals surface area contributed by atoms with E-state index in [-0.39, 0.29) is 11.9 Å². The lowest BCUT2D eigenvalue weighted by Gasteiger charge is -2.12. The van der Waals surface area contributed by atoms with E-state index in [9.17, 15) is 4.79 Å². The van der Waals surface area contributed by atoms with Crippen LogP contribution in [-0.4, -0.2) is 16.5 Å². The molecule has 22 heavy (non-hydrogen) atoms. The molecule has 1 amide bonds. The van der Waals surface area contributed by atoms with Crippen molar-refractivity contribution in [3.05, 3.63) is 58.4 Å². The molecule has 0 aliphatic carbocycles. The minimum atomic E-state index is 0.0282. The van der Waals surface area contributed by atoms with Crippen LogP contribution in [0.1, 0.15) is 28.6 Å². The third kappa shape index (κ3) is 3.07. The van der Waals surface area contributed by atoms with E-state index in [0.29, 0.717) is 0 Å². The van der Waals surface area contributed by atoms with Gasteiger partial charge in [0.15, 0.2) is 0 Å². The fraction of sp³-hybridized carbons (Fsp3) is 0.278. The number of nitrogens with one attached hydrogen (secondary N) is 1. The van der Waals surface area contributed by atoms with Gasteiger partial charge in [0.25, 0.3) is 5.91 Å². The summed E-state index contributed by atoms with van der Waals surface area (Å²) in [6.07, 6.45) is 4.09. The van der Waals surface area contributed by atoms with Gasteiger partial charge in [0, 0.05) is 30.2 Å². The maximum atomic E-state index is 12.0. The second-order valence-corrected chi connectivity index (χ2v) is 6.62. The van der Waals surface area contributed by atoms with Crippen LogP contribution in [0.25, 0.3) is 10.9 Å². The molecule has 114 valence electrons. The smallest absolute Gasteiger partial charge is 0.261 e. The van der Waals surface area contributed by atoms with Crippen molar-refractivity contribution < 1.29 is 4.79 Å². The van der Waals surface area contributed by atoms with Gasteiger partial charge in [0.2, 0.25) is 0 Å². The Morgan fingerprint density at radius 1 is 1.27 bits per heavy atom. The summed E-state index contributed by atoms with van der Waals surface area (Å²) < 4.78 is 2.17. The predicted molar refractivity (Wildman–Crippen MR) is 92.5 cm³/mol. The van der Waals surface area contributed by atoms with E-state index < -0.39 is 0 Å². The molecule has 0 bridgehead atoms. The Morgan fingerprint density at radius 2 is 2.09 bits per heavy atom. The van der Waals surface area contributed by atoms with Crippen molar-refractivity contribution in [3.63, 3.8) is 0 Å². The average Bonchev–Trinajstić information content (AvgIpc) is 3.14. The lowest BCUT2D eigenvalue weighted by molar-refractivity contribution is 0.0942. The van der Waals surface area contributed by atoms with Crippen LogP contribution in [0.15, 0.2) is 48.0 Å². The van der Waals surface area contributed by atoms with E-state index >= 15 is 0 Å². The van der Waals surface area contributed by atoms with Gasteiger partial charge in [0.1, 0.15) is 0 Å². The third-order valence-corrected chi connectivity index (χ3v) is 4.82. The number of aryl methyl sites for hydroxylation is 2. The standard InChI is InChI=1S/C18H20N2OS/c1-13(19-18(21)17-8-5-11-22-17)9-10-14-12-20(2)16-7-4-3-6-15(14)16/h3-8,11-13H,9-10H2,1-2H3,(H,19,21)/t13-/m0/s1. The zero-order valence-electron chi connectivity index (χ0n) is 12.9. The molecule has 3 nitrogen and oxygen atoms in total. The third-order valence-electron chi connectivity index (χ3n) is 3.95. The number of nitrogens with zero attached hydrogens (tertiary/aromatic N) is 1. The van der Waals surface area contributed by atoms with Gasteiger partial charge in [-0.3, -0.25) is 4.79 Å². The molecule has 3 rings (SSSR count). The molecule has 0 radical (unpaired) electrons. The molecular formula is C18H20N2OS. The van der Waals surface area contributed by atoms with Gasteiger partial charge in [-0.25, -0.2) is 0 Å². The summed E-state index contributed by atoms with van der Waals surface area (Å²) in [6, 6.07) is 12.4. The topological polar surface area (TPSA) is 34.0 Å². The number of hydrogen-bond donors (Lipinski definition) is 1. The second-order valence-electron chi connectivity index (χ2n) is 5.67. The van der Waals surface area contributed by atoms with E-state index in [1.807, 2.05) is 17.5 Å². The van der Waals surface area contributed by atoms with E-state index in [4.69, 9.17) is 0 Å². The van der Waals surface area contributed by atoms with Gasteiger partial charge in [0.05, 0.1) is 4.88 Å². The first-order valence-corrected chi connectivity index (χ1v) is 8.40. The quantitative estimate of drug-likeness (QED) is 0.759. The molecule has 0 aliphatic rings. The summed E-state index contributed by atoms with van der Waals surface area (Å²) in [5.41, 5.74) is 2.60. The summed E-state index contributed by atoms with van der Waals surface area (Å²) in [5, 5.41) is 6.31. The van der Waals surface area contributed by atoms with Crippen molar-refractivity contribution in [2.45, 2.75) is 25.8 Å². The van der Waals surface area contributed by atoms with Crippen LogP contribution in [0.5, 0.6) is 0 Å². The fourth-order valence-corrected chi connectivity index (χ4v) is 3.40. The summed E-state index contributed by atoms with van der Waals surface area (Å²) in [5.74, 6) is 0.0282. The minimum Gasteiger partial charge on any atom is -0.350 e. The van der Waals surface area contributed by atoms with Crippen LogP contribution in [0.2, 0.25) is 0 Å². The number of rotatable bonds is 5. The number of para-hydroxylation sites is 1. The van der Waals surface area contributed by atoms with Crippen molar-refractivity contribution in [2.75, 3.05) is 0 Å². The normalized spacial score (nSPS) is 12.5. The molecule has 4 heteroatoms. The Morgan fingerprint density at radius 3 is 2.86 bits per heavy atom. The number of hydrogen-bond acceptors (Lipinski definition) is 2. The Labute approximate surface area is 134 Å². The molecule has 2 heterocycles. The zero-order chi connectivity index (χ0) is 15.5. The maximum absolute atomic E-state index is 12.0. The molecular weight excluding hydrogens is 292 g/mol. The van der Waals surface area contributed by atoms with Crippen molar-refractivity contribution in [2.24, 2.45) is 7.05 Å². The minimum absolute atomic E-state index is 0.0282. The summed E-state index contributed by atoms with van der Waals surface area (Å²) in [4.78, 5) is 12.8. The van der Waals surface area contributed by atoms with E-state index in [2.05, 4.69) is 54.3 Å². The number of aromatic nitrogens is 1. The van der Waals surface area contributed by atoms with Crippen molar-refractivity contribution in [3.8, 4) is 0 Å². The number of amides is 1. The summed E-state index contributed by atoms with van der Waals surface area (Å²) >= 11 is 1.48. The molecule has 0 saturated heterocycles. The molecule has 1 atom stereocenters. The van der Waals surface area contributed by atoms with Crippen LogP contribution >= 0.6 is 11.3 Å². The van der Waals surface area contributed by atoms with Gasteiger partial charge in [-0.1, -0.05) is 24.3 Å². The molecule has 1 N–H and O–H groups in total. The fourth-order valence-electron chi connectivity index (χ4n) is 2.77. The highest BCUT2D eigenvalue weighted by Gasteiger charge is 2.12. The number of carbonyl (C=O) groups is 1. The van der Waals surface area contributed by atoms with E-state index in [1.54, 1.807) is 0 Å². The molecule has 0 spiro atoms. The lowest BCUT2D eigenvalue weighted by Crippen LogP contribution is -2.32. The molecule has 2 aromatic heterocycles. The number of carbonyl (C=O) groups excluding carboxylic acids is 1. The zero-order valence-corrected chi connectivity index (χ0v) is 13.7. The molecule has 0 saturated carbocycles. The van der Waals surface area contributed by atoms with E-state index in [1.165, 1.54) is 27.8 Å². The largest absolute Gasteiger partial charge is 0.350 e. The average molecular weight is 312 g/mol. The molecule has 0 aliphatic heterocycles. The van der Waals surface area contributed by atoms with Gasteiger partial charge in [-0.2, -0.15) is 0 Å². The highest BCUT2D eigenvalue weighted by Crippen LogP contribution is 2.22. The van der Waals surface area contributed by atoms with Gasteiger partial charge < -0.3 is 9.88 Å². The highest BCUT2D eigenvalue weighted by atomic mass is 32.1. The number of thiophene rings is 1. The Bertz CT molecular complexity index is 774. The Hall–Kier alpha value is -2.07. The molecule has 1 aromatic carbocycles. The monoisotopic (exact) mass is 312 g/mol. The van der Waals surface area contributed by atoms with Gasteiger partial charge in [-0.05, 0) is 42.8 Å². The SMILES string of the molecule is C[C@@H](CCc1cn(C)c2ccccc12)NC(=O)c1cccs1. The highest BCUT2D eigenvalue weighted by molar-refractivity contribution is 7.12. The van der Waals surface area contributed by atoms with E-state index in [0.717, 1.165) is 17.7 Å². The van der Waals surface area contributed by atoms with Crippen LogP contribution in [0.3, 0.4) is 0 Å². The van der Waals surface area contributed by atoms with Crippen LogP contribution in [0.4, 0.5) is 0 Å². The predicted octanol–water partition coefficient (Wildman–Crippen LogP) is 3.99. The van der Waals surface area contributed by atoms with Crippen molar-refractivity contribution in [1.82, 2.24) is 9.88 Å². The Balaban J connectivity index is 1.63. The van der Waals surface area contributed by atoms with Crippen LogP contribution in [0, 0.1) is 0 Å². The van der Waals surface area contributed by atoms with Gasteiger partial charge in [-0.15, -0.1) is 11.3 Å². The number of fused-ring (bicyclic) bond motifs is 1. The first kappa shape index (κ1) is 14.9. The number of benzene rings is 1. The Kier molecular flexibility index (Phi) is 4.29. The molecule has 0 unspecified atom stereocenters. The molecule has 0 fully saturated rings. The second kappa shape index (κ2) is 6.36. The van der Waals surface area contributed by atoms with Crippen molar-refractivity contribution >= 4 is 28.1 Å². The van der Waals surface area contributed by atoms with Crippen molar-refractivity contribution in [1.29, 1.82) is 0 Å².